The van der Waals surface area contributed by atoms with Crippen LogP contribution in [0.2, 0.25) is 0 Å². The van der Waals surface area contributed by atoms with Crippen LogP contribution in [0.5, 0.6) is 5.88 Å². The molecule has 9 heteroatoms. The van der Waals surface area contributed by atoms with Crippen LogP contribution in [-0.4, -0.2) is 64.9 Å². The topological polar surface area (TPSA) is 116 Å². The lowest BCUT2D eigenvalue weighted by Crippen LogP contribution is -2.50. The van der Waals surface area contributed by atoms with Gasteiger partial charge in [0.25, 0.3) is 0 Å². The molecule has 0 radical (unpaired) electrons. The van der Waals surface area contributed by atoms with Gasteiger partial charge in [0.15, 0.2) is 0 Å². The third-order valence-corrected chi connectivity index (χ3v) is 4.70. The molecule has 27 heavy (non-hydrogen) atoms. The van der Waals surface area contributed by atoms with Gasteiger partial charge in [-0.25, -0.2) is 9.78 Å². The minimum atomic E-state index is -0.435. The molecular weight excluding hydrogens is 350 g/mol. The maximum absolute atomic E-state index is 12.4. The smallest absolute Gasteiger partial charge is 0.324 e. The van der Waals surface area contributed by atoms with E-state index in [0.29, 0.717) is 50.5 Å². The summed E-state index contributed by atoms with van der Waals surface area (Å²) in [5.41, 5.74) is 0.397. The first kappa shape index (κ1) is 18.6. The van der Waals surface area contributed by atoms with E-state index in [1.54, 1.807) is 23.2 Å². The number of rotatable bonds is 5. The second kappa shape index (κ2) is 8.49. The number of carbonyl (C=O) groups excluding carboxylic acids is 3. The van der Waals surface area contributed by atoms with E-state index in [1.807, 2.05) is 0 Å². The van der Waals surface area contributed by atoms with Crippen molar-refractivity contribution in [1.29, 1.82) is 5.26 Å². The fourth-order valence-corrected chi connectivity index (χ4v) is 3.15. The summed E-state index contributed by atoms with van der Waals surface area (Å²) in [4.78, 5) is 42.6. The predicted octanol–water partition coefficient (Wildman–Crippen LogP) is 0.655. The van der Waals surface area contributed by atoms with Gasteiger partial charge in [-0.3, -0.25) is 14.9 Å². The Hall–Kier alpha value is -3.15. The number of likely N-dealkylation sites (tertiary alicyclic amines) is 1. The largest absolute Gasteiger partial charge is 0.473 e. The van der Waals surface area contributed by atoms with Crippen LogP contribution in [0.4, 0.5) is 4.79 Å². The maximum Gasteiger partial charge on any atom is 0.324 e. The number of aromatic nitrogens is 1. The van der Waals surface area contributed by atoms with Gasteiger partial charge >= 0.3 is 6.03 Å². The zero-order valence-electron chi connectivity index (χ0n) is 14.9. The number of nitriles is 1. The van der Waals surface area contributed by atoms with Crippen LogP contribution < -0.4 is 10.1 Å². The minimum absolute atomic E-state index is 0.0197. The van der Waals surface area contributed by atoms with E-state index in [-0.39, 0.29) is 30.8 Å². The Balaban J connectivity index is 1.43. The number of nitrogens with zero attached hydrogens (tertiary/aromatic N) is 4. The van der Waals surface area contributed by atoms with Gasteiger partial charge < -0.3 is 14.5 Å². The molecule has 2 aliphatic rings. The number of hydrogen-bond acceptors (Lipinski definition) is 6. The second-order valence-corrected chi connectivity index (χ2v) is 6.51. The van der Waals surface area contributed by atoms with Crippen LogP contribution >= 0.6 is 0 Å². The molecule has 9 nitrogen and oxygen atoms in total. The van der Waals surface area contributed by atoms with Crippen molar-refractivity contribution in [2.24, 2.45) is 0 Å². The van der Waals surface area contributed by atoms with Gasteiger partial charge in [-0.05, 0) is 12.1 Å². The fourth-order valence-electron chi connectivity index (χ4n) is 3.15. The van der Waals surface area contributed by atoms with E-state index in [2.05, 4.69) is 16.4 Å². The maximum atomic E-state index is 12.4. The van der Waals surface area contributed by atoms with Crippen molar-refractivity contribution < 1.29 is 19.1 Å². The van der Waals surface area contributed by atoms with E-state index in [0.717, 1.165) is 0 Å². The molecule has 4 amide bonds. The highest BCUT2D eigenvalue weighted by Gasteiger charge is 2.27. The zero-order valence-corrected chi connectivity index (χ0v) is 14.9. The summed E-state index contributed by atoms with van der Waals surface area (Å²) in [6, 6.07) is 4.96. The number of nitrogens with one attached hydrogen (secondary N) is 1. The molecule has 0 spiro atoms. The standard InChI is InChI=1S/C18H21N5O4/c19-12-13-2-1-7-20-17(13)27-14-3-8-22(9-4-14)16(25)6-11-23-10-5-15(24)21-18(23)26/h1-2,7,14H,3-6,8-11H2,(H,21,24,26). The molecule has 0 saturated carbocycles. The summed E-state index contributed by atoms with van der Waals surface area (Å²) in [6.45, 7) is 1.76. The van der Waals surface area contributed by atoms with E-state index >= 15 is 0 Å². The Morgan fingerprint density at radius 3 is 2.81 bits per heavy atom. The molecule has 3 rings (SSSR count). The normalized spacial score (nSPS) is 18.0. The number of pyridine rings is 1. The summed E-state index contributed by atoms with van der Waals surface area (Å²) in [5.74, 6) is 0.0289. The molecule has 2 saturated heterocycles. The quantitative estimate of drug-likeness (QED) is 0.813. The molecule has 3 heterocycles. The highest BCUT2D eigenvalue weighted by atomic mass is 16.5. The minimum Gasteiger partial charge on any atom is -0.473 e. The Morgan fingerprint density at radius 2 is 2.11 bits per heavy atom. The predicted molar refractivity (Wildman–Crippen MR) is 93.5 cm³/mol. The lowest BCUT2D eigenvalue weighted by molar-refractivity contribution is -0.133. The summed E-state index contributed by atoms with van der Waals surface area (Å²) in [6.07, 6.45) is 3.30. The Bertz CT molecular complexity index is 767. The van der Waals surface area contributed by atoms with Crippen LogP contribution in [0, 0.1) is 11.3 Å². The lowest BCUT2D eigenvalue weighted by atomic mass is 10.1. The van der Waals surface area contributed by atoms with E-state index in [4.69, 9.17) is 10.00 Å². The third kappa shape index (κ3) is 4.73. The van der Waals surface area contributed by atoms with Crippen molar-refractivity contribution in [2.45, 2.75) is 31.8 Å². The number of amides is 4. The van der Waals surface area contributed by atoms with Crippen LogP contribution in [0.3, 0.4) is 0 Å². The lowest BCUT2D eigenvalue weighted by Gasteiger charge is -2.33. The molecule has 1 N–H and O–H groups in total. The molecular formula is C18H21N5O4. The van der Waals surface area contributed by atoms with Crippen LogP contribution in [0.1, 0.15) is 31.2 Å². The highest BCUT2D eigenvalue weighted by molar-refractivity contribution is 5.96. The van der Waals surface area contributed by atoms with Gasteiger partial charge in [0, 0.05) is 58.1 Å². The average molecular weight is 371 g/mol. The van der Waals surface area contributed by atoms with Crippen molar-refractivity contribution in [3.8, 4) is 11.9 Å². The first-order valence-corrected chi connectivity index (χ1v) is 8.95. The Labute approximate surface area is 156 Å². The van der Waals surface area contributed by atoms with Gasteiger partial charge in [-0.2, -0.15) is 5.26 Å². The van der Waals surface area contributed by atoms with Gasteiger partial charge in [0.2, 0.25) is 17.7 Å². The molecule has 1 aromatic rings. The number of piperidine rings is 1. The molecule has 142 valence electrons. The Kier molecular flexibility index (Phi) is 5.86. The van der Waals surface area contributed by atoms with Crippen molar-refractivity contribution >= 4 is 17.8 Å². The molecule has 2 aliphatic heterocycles. The number of ether oxygens (including phenoxy) is 1. The molecule has 2 fully saturated rings. The monoisotopic (exact) mass is 371 g/mol. The first-order chi connectivity index (χ1) is 13.1. The highest BCUT2D eigenvalue weighted by Crippen LogP contribution is 2.20. The van der Waals surface area contributed by atoms with Crippen LogP contribution in [0.25, 0.3) is 0 Å². The SMILES string of the molecule is N#Cc1cccnc1OC1CCN(C(=O)CCN2CCC(=O)NC2=O)CC1. The van der Waals surface area contributed by atoms with Crippen molar-refractivity contribution in [3.05, 3.63) is 23.9 Å². The summed E-state index contributed by atoms with van der Waals surface area (Å²) < 4.78 is 5.82. The molecule has 1 aromatic heterocycles. The number of carbonyl (C=O) groups is 3. The van der Waals surface area contributed by atoms with Gasteiger partial charge in [0.05, 0.1) is 0 Å². The summed E-state index contributed by atoms with van der Waals surface area (Å²) in [7, 11) is 0. The summed E-state index contributed by atoms with van der Waals surface area (Å²) in [5, 5.41) is 11.3. The van der Waals surface area contributed by atoms with Gasteiger partial charge in [-0.1, -0.05) is 0 Å². The van der Waals surface area contributed by atoms with Gasteiger partial charge in [-0.15, -0.1) is 0 Å². The van der Waals surface area contributed by atoms with Crippen LogP contribution in [0.15, 0.2) is 18.3 Å². The Morgan fingerprint density at radius 1 is 1.33 bits per heavy atom. The van der Waals surface area contributed by atoms with Crippen LogP contribution in [-0.2, 0) is 9.59 Å². The third-order valence-electron chi connectivity index (χ3n) is 4.70. The van der Waals surface area contributed by atoms with Crippen molar-refractivity contribution in [3.63, 3.8) is 0 Å². The zero-order chi connectivity index (χ0) is 19.2. The molecule has 0 unspecified atom stereocenters. The van der Waals surface area contributed by atoms with E-state index in [9.17, 15) is 14.4 Å². The van der Waals surface area contributed by atoms with E-state index in [1.165, 1.54) is 4.90 Å². The van der Waals surface area contributed by atoms with Crippen molar-refractivity contribution in [2.75, 3.05) is 26.2 Å². The molecule has 0 bridgehead atoms. The fraction of sp³-hybridized carbons (Fsp3) is 0.500. The summed E-state index contributed by atoms with van der Waals surface area (Å²) >= 11 is 0. The molecule has 0 atom stereocenters. The molecule has 0 aromatic carbocycles. The second-order valence-electron chi connectivity index (χ2n) is 6.51. The average Bonchev–Trinajstić information content (AvgIpc) is 2.68. The first-order valence-electron chi connectivity index (χ1n) is 8.95. The van der Waals surface area contributed by atoms with Gasteiger partial charge in [0.1, 0.15) is 17.7 Å². The van der Waals surface area contributed by atoms with Crippen molar-refractivity contribution in [1.82, 2.24) is 20.1 Å². The molecule has 0 aliphatic carbocycles. The number of urea groups is 1. The number of hydrogen-bond donors (Lipinski definition) is 1. The number of imide groups is 1. The van der Waals surface area contributed by atoms with E-state index < -0.39 is 6.03 Å².